The molecule has 0 aliphatic carbocycles. The van der Waals surface area contributed by atoms with Crippen molar-refractivity contribution < 1.29 is 8.42 Å². The van der Waals surface area contributed by atoms with Gasteiger partial charge in [0.25, 0.3) is 0 Å². The smallest absolute Gasteiger partial charge is 0.185 e. The maximum absolute atomic E-state index is 9.62. The fourth-order valence-electron chi connectivity index (χ4n) is 0.120. The molecule has 0 bridgehead atoms. The third-order valence-corrected chi connectivity index (χ3v) is 0.705. The van der Waals surface area contributed by atoms with Gasteiger partial charge >= 0.3 is 0 Å². The van der Waals surface area contributed by atoms with E-state index in [1.54, 1.807) is 0 Å². The van der Waals surface area contributed by atoms with Gasteiger partial charge in [-0.2, -0.15) is 8.42 Å². The maximum Gasteiger partial charge on any atom is 0.210 e. The third kappa shape index (κ3) is 5.43. The molecule has 2 nitrogen and oxygen atoms in total. The summed E-state index contributed by atoms with van der Waals surface area (Å²) in [6, 6.07) is 0. The van der Waals surface area contributed by atoms with E-state index in [9.17, 15) is 8.42 Å². The second kappa shape index (κ2) is 3.61. The van der Waals surface area contributed by atoms with E-state index in [-0.39, 0.29) is 0 Å². The van der Waals surface area contributed by atoms with Crippen LogP contribution in [0.2, 0.25) is 0 Å². The van der Waals surface area contributed by atoms with Crippen LogP contribution in [0, 0.1) is 6.42 Å². The average molecular weight is 117 g/mol. The van der Waals surface area contributed by atoms with E-state index < -0.39 is 10.3 Å². The zero-order valence-corrected chi connectivity index (χ0v) is 4.48. The molecule has 0 aliphatic rings. The van der Waals surface area contributed by atoms with Gasteiger partial charge in [-0.3, -0.25) is 0 Å². The lowest BCUT2D eigenvalue weighted by molar-refractivity contribution is 0.627. The quantitative estimate of drug-likeness (QED) is 0.479. The highest BCUT2D eigenvalue weighted by molar-refractivity contribution is 7.71. The van der Waals surface area contributed by atoms with Gasteiger partial charge in [0.15, 0.2) is 0 Å². The Bertz CT molecular complexity index is 156. The van der Waals surface area contributed by atoms with Crippen LogP contribution in [0.1, 0.15) is 0 Å². The van der Waals surface area contributed by atoms with Crippen molar-refractivity contribution in [1.82, 2.24) is 0 Å². The molecule has 0 aromatic heterocycles. The summed E-state index contributed by atoms with van der Waals surface area (Å²) in [5, 5.41) is 1.02. The number of hydrogen-bond donors (Lipinski definition) is 0. The van der Waals surface area contributed by atoms with Crippen LogP contribution in [0.15, 0.2) is 12.7 Å². The first-order valence-electron chi connectivity index (χ1n) is 1.64. The fraction of sp³-hybridized carbons (Fsp3) is 0. The molecule has 0 aliphatic heterocycles. The fourth-order valence-corrected chi connectivity index (χ4v) is 0.359. The van der Waals surface area contributed by atoms with Gasteiger partial charge < -0.3 is 0 Å². The van der Waals surface area contributed by atoms with Crippen molar-refractivity contribution in [3.8, 4) is 0 Å². The summed E-state index contributed by atoms with van der Waals surface area (Å²) in [5.74, 6) is 0. The molecule has 0 amide bonds. The summed E-state index contributed by atoms with van der Waals surface area (Å²) in [7, 11) is -2.07. The third-order valence-electron chi connectivity index (χ3n) is 0.326. The van der Waals surface area contributed by atoms with E-state index >= 15 is 0 Å². The van der Waals surface area contributed by atoms with Gasteiger partial charge in [-0.05, 0) is 0 Å². The SMILES string of the molecule is C=C[CH]C=S(=O)=O. The van der Waals surface area contributed by atoms with Gasteiger partial charge in [0, 0.05) is 11.8 Å². The van der Waals surface area contributed by atoms with Crippen molar-refractivity contribution in [1.29, 1.82) is 0 Å². The Morgan fingerprint density at radius 1 is 1.43 bits per heavy atom. The van der Waals surface area contributed by atoms with Crippen LogP contribution >= 0.6 is 0 Å². The molecule has 0 saturated carbocycles. The number of allylic oxidation sites excluding steroid dienone is 1. The van der Waals surface area contributed by atoms with Crippen molar-refractivity contribution in [3.05, 3.63) is 19.1 Å². The summed E-state index contributed by atoms with van der Waals surface area (Å²) in [6.07, 6.45) is 2.75. The Hall–Kier alpha value is -0.570. The van der Waals surface area contributed by atoms with Crippen molar-refractivity contribution in [2.75, 3.05) is 0 Å². The Morgan fingerprint density at radius 3 is 2.14 bits per heavy atom. The van der Waals surface area contributed by atoms with Crippen molar-refractivity contribution in [2.45, 2.75) is 0 Å². The monoisotopic (exact) mass is 117 g/mol. The molecule has 0 aromatic carbocycles. The molecule has 0 spiro atoms. The zero-order chi connectivity index (χ0) is 5.70. The minimum absolute atomic E-state index is 1.02. The molecule has 7 heavy (non-hydrogen) atoms. The topological polar surface area (TPSA) is 34.1 Å². The van der Waals surface area contributed by atoms with Gasteiger partial charge in [0.2, 0.25) is 10.3 Å². The first-order valence-corrected chi connectivity index (χ1v) is 2.78. The Morgan fingerprint density at radius 2 is 2.00 bits per heavy atom. The molecule has 0 aromatic rings. The Labute approximate surface area is 44.0 Å². The highest BCUT2D eigenvalue weighted by Gasteiger charge is 1.66. The van der Waals surface area contributed by atoms with Gasteiger partial charge in [0.05, 0.1) is 0 Å². The lowest BCUT2D eigenvalue weighted by atomic mass is 10.5. The molecule has 0 fully saturated rings. The van der Waals surface area contributed by atoms with E-state index in [2.05, 4.69) is 6.58 Å². The van der Waals surface area contributed by atoms with Crippen LogP contribution in [-0.4, -0.2) is 13.8 Å². The first kappa shape index (κ1) is 6.43. The highest BCUT2D eigenvalue weighted by atomic mass is 32.2. The van der Waals surface area contributed by atoms with E-state index in [0.29, 0.717) is 0 Å². The first-order chi connectivity index (χ1) is 3.27. The van der Waals surface area contributed by atoms with Crippen LogP contribution in [0.3, 0.4) is 0 Å². The number of rotatable bonds is 2. The summed E-state index contributed by atoms with van der Waals surface area (Å²) >= 11 is 0. The van der Waals surface area contributed by atoms with Crippen LogP contribution in [-0.2, 0) is 10.3 Å². The molecule has 39 valence electrons. The molecule has 0 atom stereocenters. The van der Waals surface area contributed by atoms with Gasteiger partial charge in [-0.1, -0.05) is 6.08 Å². The minimum Gasteiger partial charge on any atom is -0.185 e. The highest BCUT2D eigenvalue weighted by Crippen LogP contribution is 1.64. The van der Waals surface area contributed by atoms with E-state index in [0.717, 1.165) is 5.37 Å². The Balaban J connectivity index is 3.71. The second-order valence-electron chi connectivity index (χ2n) is 0.825. The molecule has 0 N–H and O–H groups in total. The van der Waals surface area contributed by atoms with Crippen LogP contribution in [0.4, 0.5) is 0 Å². The second-order valence-corrected chi connectivity index (χ2v) is 1.62. The van der Waals surface area contributed by atoms with E-state index in [1.807, 2.05) is 0 Å². The van der Waals surface area contributed by atoms with Crippen LogP contribution in [0.25, 0.3) is 0 Å². The average Bonchev–Trinajstić information content (AvgIpc) is 1.61. The molecule has 3 heteroatoms. The summed E-state index contributed by atoms with van der Waals surface area (Å²) in [4.78, 5) is 0. The molecular formula is C4H5O2S. The van der Waals surface area contributed by atoms with Crippen molar-refractivity contribution in [3.63, 3.8) is 0 Å². The summed E-state index contributed by atoms with van der Waals surface area (Å²) < 4.78 is 19.2. The molecule has 0 saturated heterocycles. The molecule has 0 rings (SSSR count). The van der Waals surface area contributed by atoms with E-state index in [1.165, 1.54) is 12.5 Å². The Kier molecular flexibility index (Phi) is 3.32. The molecular weight excluding hydrogens is 112 g/mol. The standard InChI is InChI=1S/C4H5O2S/c1-2-3-4-7(5)6/h2-4H,1H2. The van der Waals surface area contributed by atoms with E-state index in [4.69, 9.17) is 0 Å². The lowest BCUT2D eigenvalue weighted by Crippen LogP contribution is -1.69. The minimum atomic E-state index is -2.07. The largest absolute Gasteiger partial charge is 0.210 e. The van der Waals surface area contributed by atoms with Gasteiger partial charge in [-0.25, -0.2) is 0 Å². The van der Waals surface area contributed by atoms with Crippen molar-refractivity contribution in [2.24, 2.45) is 0 Å². The molecule has 1 radical (unpaired) electrons. The van der Waals surface area contributed by atoms with Gasteiger partial charge in [0.1, 0.15) is 0 Å². The number of hydrogen-bond acceptors (Lipinski definition) is 2. The zero-order valence-electron chi connectivity index (χ0n) is 3.66. The predicted molar refractivity (Wildman–Crippen MR) is 29.5 cm³/mol. The van der Waals surface area contributed by atoms with Crippen LogP contribution < -0.4 is 0 Å². The maximum atomic E-state index is 9.62. The van der Waals surface area contributed by atoms with Crippen molar-refractivity contribution >= 4 is 15.7 Å². The van der Waals surface area contributed by atoms with Gasteiger partial charge in [-0.15, -0.1) is 6.58 Å². The summed E-state index contributed by atoms with van der Waals surface area (Å²) in [5.41, 5.74) is 0. The summed E-state index contributed by atoms with van der Waals surface area (Å²) in [6.45, 7) is 3.27. The predicted octanol–water partition coefficient (Wildman–Crippen LogP) is 0.0580. The molecule has 0 heterocycles. The van der Waals surface area contributed by atoms with Crippen LogP contribution in [0.5, 0.6) is 0 Å². The molecule has 0 unspecified atom stereocenters. The normalized spacial score (nSPS) is 7.43. The lowest BCUT2D eigenvalue weighted by Gasteiger charge is -1.62.